The first kappa shape index (κ1) is 15.8. The molecular weight excluding hydrogens is 336 g/mol. The molecule has 0 aliphatic carbocycles. The average molecular weight is 346 g/mol. The van der Waals surface area contributed by atoms with Crippen LogP contribution in [0.1, 0.15) is 16.1 Å². The fraction of sp³-hybridized carbons (Fsp3) is 0.0625. The number of likely N-dealkylation sites (N-methyl/N-ethyl adjacent to an activating group) is 1. The van der Waals surface area contributed by atoms with Gasteiger partial charge in [-0.05, 0) is 30.3 Å². The molecule has 7 nitrogen and oxygen atoms in total. The Balaban J connectivity index is 1.92. The minimum absolute atomic E-state index is 0.0648. The Morgan fingerprint density at radius 3 is 2.67 bits per heavy atom. The number of aromatic carboxylic acids is 1. The highest BCUT2D eigenvalue weighted by atomic mass is 35.5. The lowest BCUT2D eigenvalue weighted by Gasteiger charge is -2.06. The number of furan rings is 1. The number of amides is 3. The van der Waals surface area contributed by atoms with Crippen LogP contribution in [-0.4, -0.2) is 29.9 Å². The standard InChI is InChI=1S/C16H11ClN2O5/c1-19-14(20)12(18-16(19)23)7-9-3-5-13(24-9)8-2-4-11(17)10(6-8)15(21)22/h2-7H,1H3,(H,18,23)(H,21,22)/p-1/b12-7-. The number of carbonyl (C=O) groups excluding carboxylic acids is 3. The van der Waals surface area contributed by atoms with Crippen LogP contribution in [0.4, 0.5) is 4.79 Å². The van der Waals surface area contributed by atoms with Gasteiger partial charge in [-0.2, -0.15) is 0 Å². The Hall–Kier alpha value is -3.06. The number of carboxylic acid groups (broad SMARTS) is 1. The number of halogens is 1. The van der Waals surface area contributed by atoms with Crippen molar-refractivity contribution in [1.29, 1.82) is 0 Å². The number of rotatable bonds is 3. The van der Waals surface area contributed by atoms with Crippen molar-refractivity contribution in [3.05, 3.63) is 52.4 Å². The molecule has 122 valence electrons. The maximum Gasteiger partial charge on any atom is 0.328 e. The third-order valence-corrected chi connectivity index (χ3v) is 3.80. The van der Waals surface area contributed by atoms with E-state index in [4.69, 9.17) is 16.0 Å². The lowest BCUT2D eigenvalue weighted by molar-refractivity contribution is -0.255. The molecule has 0 atom stereocenters. The van der Waals surface area contributed by atoms with E-state index in [0.717, 1.165) is 4.90 Å². The second-order valence-electron chi connectivity index (χ2n) is 5.04. The van der Waals surface area contributed by atoms with Gasteiger partial charge in [-0.1, -0.05) is 11.6 Å². The first-order chi connectivity index (χ1) is 11.4. The van der Waals surface area contributed by atoms with Crippen LogP contribution >= 0.6 is 11.6 Å². The van der Waals surface area contributed by atoms with Gasteiger partial charge < -0.3 is 19.6 Å². The largest absolute Gasteiger partial charge is 0.545 e. The Labute approximate surface area is 141 Å². The van der Waals surface area contributed by atoms with Crippen molar-refractivity contribution in [2.75, 3.05) is 7.05 Å². The summed E-state index contributed by atoms with van der Waals surface area (Å²) < 4.78 is 5.57. The van der Waals surface area contributed by atoms with Crippen LogP contribution in [0.2, 0.25) is 5.02 Å². The number of carbonyl (C=O) groups is 3. The molecular formula is C16H10ClN2O5-. The van der Waals surface area contributed by atoms with Gasteiger partial charge in [0.05, 0.1) is 5.97 Å². The van der Waals surface area contributed by atoms with Crippen molar-refractivity contribution in [3.8, 4) is 11.3 Å². The van der Waals surface area contributed by atoms with Gasteiger partial charge in [0, 0.05) is 29.3 Å². The van der Waals surface area contributed by atoms with Crippen LogP contribution in [0.15, 0.2) is 40.4 Å². The second kappa shape index (κ2) is 5.86. The van der Waals surface area contributed by atoms with E-state index in [-0.39, 0.29) is 16.3 Å². The van der Waals surface area contributed by atoms with Crippen molar-refractivity contribution in [1.82, 2.24) is 10.2 Å². The van der Waals surface area contributed by atoms with E-state index >= 15 is 0 Å². The molecule has 8 heteroatoms. The number of imide groups is 1. The van der Waals surface area contributed by atoms with Gasteiger partial charge >= 0.3 is 6.03 Å². The average Bonchev–Trinajstić information content (AvgIpc) is 3.09. The summed E-state index contributed by atoms with van der Waals surface area (Å²) in [5.41, 5.74) is 0.433. The molecule has 0 radical (unpaired) electrons. The molecule has 0 spiro atoms. The van der Waals surface area contributed by atoms with Gasteiger partial charge in [0.1, 0.15) is 17.2 Å². The predicted octanol–water partition coefficient (Wildman–Crippen LogP) is 1.49. The third kappa shape index (κ3) is 2.77. The number of hydrogen-bond donors (Lipinski definition) is 1. The maximum atomic E-state index is 11.8. The van der Waals surface area contributed by atoms with E-state index < -0.39 is 17.9 Å². The monoisotopic (exact) mass is 345 g/mol. The maximum absolute atomic E-state index is 11.8. The van der Waals surface area contributed by atoms with Crippen LogP contribution in [0.25, 0.3) is 17.4 Å². The quantitative estimate of drug-likeness (QED) is 0.670. The fourth-order valence-corrected chi connectivity index (χ4v) is 2.38. The zero-order valence-corrected chi connectivity index (χ0v) is 13.1. The van der Waals surface area contributed by atoms with Gasteiger partial charge in [0.2, 0.25) is 0 Å². The molecule has 0 unspecified atom stereocenters. The van der Waals surface area contributed by atoms with Gasteiger partial charge in [0.15, 0.2) is 0 Å². The number of carboxylic acids is 1. The number of nitrogens with zero attached hydrogens (tertiary/aromatic N) is 1. The molecule has 1 saturated heterocycles. The van der Waals surface area contributed by atoms with E-state index in [1.165, 1.54) is 25.3 Å². The van der Waals surface area contributed by atoms with E-state index in [2.05, 4.69) is 5.32 Å². The zero-order valence-electron chi connectivity index (χ0n) is 12.3. The van der Waals surface area contributed by atoms with Crippen LogP contribution in [0, 0.1) is 0 Å². The molecule has 2 aromatic rings. The van der Waals surface area contributed by atoms with E-state index in [9.17, 15) is 19.5 Å². The molecule has 2 heterocycles. The molecule has 0 saturated carbocycles. The van der Waals surface area contributed by atoms with E-state index in [1.807, 2.05) is 0 Å². The highest BCUT2D eigenvalue weighted by Gasteiger charge is 2.30. The van der Waals surface area contributed by atoms with Crippen LogP contribution < -0.4 is 10.4 Å². The Morgan fingerprint density at radius 2 is 2.04 bits per heavy atom. The zero-order chi connectivity index (χ0) is 17.4. The number of nitrogens with one attached hydrogen (secondary N) is 1. The van der Waals surface area contributed by atoms with Crippen molar-refractivity contribution < 1.29 is 23.9 Å². The topological polar surface area (TPSA) is 103 Å². The van der Waals surface area contributed by atoms with Crippen molar-refractivity contribution >= 4 is 35.6 Å². The van der Waals surface area contributed by atoms with Crippen molar-refractivity contribution in [3.63, 3.8) is 0 Å². The summed E-state index contributed by atoms with van der Waals surface area (Å²) in [5, 5.41) is 13.5. The third-order valence-electron chi connectivity index (χ3n) is 3.47. The summed E-state index contributed by atoms with van der Waals surface area (Å²) in [6, 6.07) is 7.05. The summed E-state index contributed by atoms with van der Waals surface area (Å²) in [5.74, 6) is -1.15. The number of urea groups is 1. The minimum Gasteiger partial charge on any atom is -0.545 e. The summed E-state index contributed by atoms with van der Waals surface area (Å²) >= 11 is 5.80. The molecule has 1 fully saturated rings. The minimum atomic E-state index is -1.39. The summed E-state index contributed by atoms with van der Waals surface area (Å²) in [4.78, 5) is 35.2. The van der Waals surface area contributed by atoms with Gasteiger partial charge in [-0.3, -0.25) is 9.69 Å². The molecule has 1 aliphatic rings. The van der Waals surface area contributed by atoms with Crippen LogP contribution in [0.3, 0.4) is 0 Å². The van der Waals surface area contributed by atoms with Crippen LogP contribution in [0.5, 0.6) is 0 Å². The molecule has 0 bridgehead atoms. The molecule has 1 aliphatic heterocycles. The van der Waals surface area contributed by atoms with Crippen LogP contribution in [-0.2, 0) is 4.79 Å². The highest BCUT2D eigenvalue weighted by molar-refractivity contribution is 6.33. The Kier molecular flexibility index (Phi) is 3.86. The molecule has 24 heavy (non-hydrogen) atoms. The first-order valence-corrected chi connectivity index (χ1v) is 7.16. The number of benzene rings is 1. The summed E-state index contributed by atoms with van der Waals surface area (Å²) in [6.07, 6.45) is 1.39. The van der Waals surface area contributed by atoms with Crippen molar-refractivity contribution in [2.24, 2.45) is 0 Å². The first-order valence-electron chi connectivity index (χ1n) is 6.78. The summed E-state index contributed by atoms with van der Waals surface area (Å²) in [7, 11) is 1.36. The second-order valence-corrected chi connectivity index (χ2v) is 5.44. The van der Waals surface area contributed by atoms with Crippen molar-refractivity contribution in [2.45, 2.75) is 0 Å². The van der Waals surface area contributed by atoms with Gasteiger partial charge in [-0.15, -0.1) is 0 Å². The SMILES string of the molecule is CN1C(=O)N/C(=C\c2ccc(-c3ccc(Cl)c(C(=O)[O-])c3)o2)C1=O. The van der Waals surface area contributed by atoms with E-state index in [1.54, 1.807) is 18.2 Å². The molecule has 1 aromatic carbocycles. The lowest BCUT2D eigenvalue weighted by atomic mass is 10.1. The van der Waals surface area contributed by atoms with E-state index in [0.29, 0.717) is 17.1 Å². The Morgan fingerprint density at radius 1 is 1.29 bits per heavy atom. The highest BCUT2D eigenvalue weighted by Crippen LogP contribution is 2.27. The van der Waals surface area contributed by atoms with Gasteiger partial charge in [-0.25, -0.2) is 4.79 Å². The normalized spacial score (nSPS) is 15.9. The lowest BCUT2D eigenvalue weighted by Crippen LogP contribution is -2.25. The Bertz CT molecular complexity index is 900. The predicted molar refractivity (Wildman–Crippen MR) is 82.8 cm³/mol. The van der Waals surface area contributed by atoms with Gasteiger partial charge in [0.25, 0.3) is 5.91 Å². The molecule has 1 N–H and O–H groups in total. The molecule has 3 amide bonds. The number of hydrogen-bond acceptors (Lipinski definition) is 5. The smallest absolute Gasteiger partial charge is 0.328 e. The summed E-state index contributed by atoms with van der Waals surface area (Å²) in [6.45, 7) is 0. The molecule has 1 aromatic heterocycles. The fourth-order valence-electron chi connectivity index (χ4n) is 2.19. The molecule has 3 rings (SSSR count).